The Morgan fingerprint density at radius 3 is 2.46 bits per heavy atom. The highest BCUT2D eigenvalue weighted by molar-refractivity contribution is 6.08. The molecule has 1 amide bonds. The van der Waals surface area contributed by atoms with Crippen molar-refractivity contribution in [3.8, 4) is 17.2 Å². The first kappa shape index (κ1) is 27.2. The van der Waals surface area contributed by atoms with Gasteiger partial charge in [-0.05, 0) is 73.9 Å². The van der Waals surface area contributed by atoms with Gasteiger partial charge in [0.1, 0.15) is 5.75 Å². The summed E-state index contributed by atoms with van der Waals surface area (Å²) in [6.07, 6.45) is 5.71. The first-order chi connectivity index (χ1) is 18.9. The normalized spacial score (nSPS) is 11.6. The number of guanidine groups is 1. The van der Waals surface area contributed by atoms with Gasteiger partial charge in [0.15, 0.2) is 11.5 Å². The second-order valence-electron chi connectivity index (χ2n) is 8.74. The molecule has 202 valence electrons. The average Bonchev–Trinajstić information content (AvgIpc) is 3.33. The number of fused-ring (bicyclic) bond motifs is 1. The second-order valence-corrected chi connectivity index (χ2v) is 8.74. The SMILES string of the molecule is COc1ccc2[nH]cc(CCN=C(NC(=O)/C=C/c3ccc(OC)c(OC)c3)Nc3nc(C)cc(C)n3)c2c1. The standard InChI is InChI=1S/C29H32N6O4/c1-18-14-19(2)33-29(32-18)35-28(30-13-12-21-17-31-24-9-8-22(37-3)16-23(21)24)34-27(36)11-7-20-6-10-25(38-4)26(15-20)39-5/h6-11,14-17,31H,12-13H2,1-5H3,(H2,30,32,33,34,35,36)/b11-7+. The number of hydrogen-bond donors (Lipinski definition) is 3. The number of ether oxygens (including phenoxy) is 3. The zero-order valence-electron chi connectivity index (χ0n) is 22.7. The van der Waals surface area contributed by atoms with Crippen LogP contribution in [0.15, 0.2) is 59.7 Å². The summed E-state index contributed by atoms with van der Waals surface area (Å²) in [5.41, 5.74) is 4.50. The minimum atomic E-state index is -0.364. The highest BCUT2D eigenvalue weighted by Gasteiger charge is 2.10. The number of aromatic amines is 1. The number of hydrogen-bond acceptors (Lipinski definition) is 7. The van der Waals surface area contributed by atoms with E-state index in [4.69, 9.17) is 14.2 Å². The summed E-state index contributed by atoms with van der Waals surface area (Å²) in [6, 6.07) is 13.2. The summed E-state index contributed by atoms with van der Waals surface area (Å²) in [5.74, 6) is 2.21. The Morgan fingerprint density at radius 2 is 1.74 bits per heavy atom. The maximum absolute atomic E-state index is 12.8. The van der Waals surface area contributed by atoms with Gasteiger partial charge in [0.25, 0.3) is 5.91 Å². The average molecular weight is 529 g/mol. The van der Waals surface area contributed by atoms with Crippen LogP contribution in [0.3, 0.4) is 0 Å². The maximum atomic E-state index is 12.8. The van der Waals surface area contributed by atoms with Crippen LogP contribution in [-0.4, -0.2) is 54.7 Å². The van der Waals surface area contributed by atoms with Gasteiger partial charge in [-0.15, -0.1) is 0 Å². The van der Waals surface area contributed by atoms with E-state index in [1.807, 2.05) is 50.4 Å². The Morgan fingerprint density at radius 1 is 0.974 bits per heavy atom. The molecule has 10 nitrogen and oxygen atoms in total. The number of anilines is 1. The first-order valence-electron chi connectivity index (χ1n) is 12.4. The van der Waals surface area contributed by atoms with Crippen molar-refractivity contribution < 1.29 is 19.0 Å². The number of carbonyl (C=O) groups excluding carboxylic acids is 1. The smallest absolute Gasteiger partial charge is 0.250 e. The van der Waals surface area contributed by atoms with E-state index in [0.29, 0.717) is 30.4 Å². The predicted molar refractivity (Wildman–Crippen MR) is 153 cm³/mol. The van der Waals surface area contributed by atoms with E-state index < -0.39 is 0 Å². The largest absolute Gasteiger partial charge is 0.497 e. The number of nitrogens with one attached hydrogen (secondary N) is 3. The molecule has 39 heavy (non-hydrogen) atoms. The van der Waals surface area contributed by atoms with Crippen LogP contribution < -0.4 is 24.8 Å². The molecule has 3 N–H and O–H groups in total. The first-order valence-corrected chi connectivity index (χ1v) is 12.4. The fraction of sp³-hybridized carbons (Fsp3) is 0.241. The summed E-state index contributed by atoms with van der Waals surface area (Å²) >= 11 is 0. The number of benzene rings is 2. The molecule has 0 bridgehead atoms. The van der Waals surface area contributed by atoms with E-state index in [-0.39, 0.29) is 11.9 Å². The Balaban J connectivity index is 1.51. The summed E-state index contributed by atoms with van der Waals surface area (Å²) in [7, 11) is 4.78. The lowest BCUT2D eigenvalue weighted by atomic mass is 10.1. The van der Waals surface area contributed by atoms with Gasteiger partial charge in [0.05, 0.1) is 21.3 Å². The van der Waals surface area contributed by atoms with Crippen molar-refractivity contribution in [2.24, 2.45) is 4.99 Å². The number of H-pyrrole nitrogens is 1. The van der Waals surface area contributed by atoms with Gasteiger partial charge in [-0.1, -0.05) is 6.07 Å². The van der Waals surface area contributed by atoms with Crippen LogP contribution in [0, 0.1) is 13.8 Å². The Kier molecular flexibility index (Phi) is 8.78. The van der Waals surface area contributed by atoms with Crippen molar-refractivity contribution in [3.05, 3.63) is 77.3 Å². The van der Waals surface area contributed by atoms with Crippen LogP contribution in [0.4, 0.5) is 5.95 Å². The van der Waals surface area contributed by atoms with Crippen LogP contribution >= 0.6 is 0 Å². The number of aromatic nitrogens is 3. The Bertz CT molecular complexity index is 1510. The third-order valence-electron chi connectivity index (χ3n) is 5.91. The van der Waals surface area contributed by atoms with E-state index in [1.165, 1.54) is 6.08 Å². The van der Waals surface area contributed by atoms with Gasteiger partial charge in [0.2, 0.25) is 11.9 Å². The van der Waals surface area contributed by atoms with Crippen molar-refractivity contribution in [3.63, 3.8) is 0 Å². The van der Waals surface area contributed by atoms with Crippen molar-refractivity contribution >= 4 is 34.8 Å². The van der Waals surface area contributed by atoms with Crippen LogP contribution in [0.2, 0.25) is 0 Å². The van der Waals surface area contributed by atoms with Gasteiger partial charge < -0.3 is 19.2 Å². The van der Waals surface area contributed by atoms with Crippen LogP contribution in [0.5, 0.6) is 17.2 Å². The number of methoxy groups -OCH3 is 3. The van der Waals surface area contributed by atoms with Crippen LogP contribution in [0.25, 0.3) is 17.0 Å². The molecule has 0 aliphatic rings. The number of carbonyl (C=O) groups is 1. The molecular formula is C29H32N6O4. The van der Waals surface area contributed by atoms with Crippen molar-refractivity contribution in [1.29, 1.82) is 0 Å². The maximum Gasteiger partial charge on any atom is 0.250 e. The molecule has 10 heteroatoms. The zero-order valence-corrected chi connectivity index (χ0v) is 22.7. The van der Waals surface area contributed by atoms with Gasteiger partial charge in [-0.3, -0.25) is 20.4 Å². The van der Waals surface area contributed by atoms with E-state index in [2.05, 4.69) is 30.6 Å². The van der Waals surface area contributed by atoms with Crippen molar-refractivity contribution in [2.75, 3.05) is 33.2 Å². The van der Waals surface area contributed by atoms with Crippen LogP contribution in [0.1, 0.15) is 22.5 Å². The zero-order chi connectivity index (χ0) is 27.8. The van der Waals surface area contributed by atoms with Gasteiger partial charge >= 0.3 is 0 Å². The molecule has 2 aromatic carbocycles. The Hall–Kier alpha value is -4.86. The van der Waals surface area contributed by atoms with Gasteiger partial charge in [-0.25, -0.2) is 9.97 Å². The highest BCUT2D eigenvalue weighted by Crippen LogP contribution is 2.28. The van der Waals surface area contributed by atoms with E-state index >= 15 is 0 Å². The van der Waals surface area contributed by atoms with Crippen LogP contribution in [-0.2, 0) is 11.2 Å². The van der Waals surface area contributed by atoms with E-state index in [9.17, 15) is 4.79 Å². The second kappa shape index (κ2) is 12.6. The molecule has 0 aliphatic heterocycles. The molecular weight excluding hydrogens is 496 g/mol. The van der Waals surface area contributed by atoms with Gasteiger partial charge in [-0.2, -0.15) is 0 Å². The molecule has 0 atom stereocenters. The molecule has 4 aromatic rings. The third kappa shape index (κ3) is 7.13. The van der Waals surface area contributed by atoms with E-state index in [0.717, 1.165) is 39.2 Å². The lowest BCUT2D eigenvalue weighted by Gasteiger charge is -2.11. The molecule has 0 saturated carbocycles. The highest BCUT2D eigenvalue weighted by atomic mass is 16.5. The third-order valence-corrected chi connectivity index (χ3v) is 5.91. The summed E-state index contributed by atoms with van der Waals surface area (Å²) in [6.45, 7) is 4.18. The molecule has 0 unspecified atom stereocenters. The fourth-order valence-corrected chi connectivity index (χ4v) is 4.06. The van der Waals surface area contributed by atoms with Gasteiger partial charge in [0, 0.05) is 41.1 Å². The Labute approximate surface area is 227 Å². The summed E-state index contributed by atoms with van der Waals surface area (Å²) in [4.78, 5) is 29.6. The molecule has 2 heterocycles. The predicted octanol–water partition coefficient (Wildman–Crippen LogP) is 4.44. The summed E-state index contributed by atoms with van der Waals surface area (Å²) in [5, 5.41) is 6.94. The summed E-state index contributed by atoms with van der Waals surface area (Å²) < 4.78 is 16.0. The monoisotopic (exact) mass is 528 g/mol. The lowest BCUT2D eigenvalue weighted by molar-refractivity contribution is -0.115. The topological polar surface area (TPSA) is 123 Å². The molecule has 4 rings (SSSR count). The molecule has 0 fully saturated rings. The number of aryl methyl sites for hydroxylation is 2. The molecule has 0 spiro atoms. The van der Waals surface area contributed by atoms with Crippen molar-refractivity contribution in [1.82, 2.24) is 20.3 Å². The minimum Gasteiger partial charge on any atom is -0.497 e. The lowest BCUT2D eigenvalue weighted by Crippen LogP contribution is -2.35. The molecule has 0 aliphatic carbocycles. The number of amides is 1. The minimum absolute atomic E-state index is 0.249. The number of rotatable bonds is 9. The van der Waals surface area contributed by atoms with E-state index in [1.54, 1.807) is 39.5 Å². The molecule has 0 saturated heterocycles. The quantitative estimate of drug-likeness (QED) is 0.167. The fourth-order valence-electron chi connectivity index (χ4n) is 4.06. The number of nitrogens with zero attached hydrogens (tertiary/aromatic N) is 3. The molecule has 0 radical (unpaired) electrons. The van der Waals surface area contributed by atoms with Crippen molar-refractivity contribution in [2.45, 2.75) is 20.3 Å². The number of aliphatic imine (C=N–C) groups is 1. The molecule has 2 aromatic heterocycles.